The Morgan fingerprint density at radius 1 is 1.04 bits per heavy atom. The van der Waals surface area contributed by atoms with Crippen LogP contribution in [0.2, 0.25) is 5.02 Å². The number of benzene rings is 1. The number of pyridine rings is 1. The standard InChI is InChI=1S/C18H19ClN4O2/c19-14-2-1-3-16(12-14)22-18(25)23-10-6-13(7-11-23)17(24)21-15-4-8-20-9-5-15/h1-5,8-9,12-13H,6-7,10-11H2,(H,22,25)(H,20,21,24). The van der Waals surface area contributed by atoms with E-state index in [2.05, 4.69) is 15.6 Å². The molecule has 1 aromatic carbocycles. The molecule has 1 fully saturated rings. The molecule has 0 saturated carbocycles. The number of nitrogens with zero attached hydrogens (tertiary/aromatic N) is 2. The lowest BCUT2D eigenvalue weighted by Crippen LogP contribution is -2.43. The van der Waals surface area contributed by atoms with Crippen molar-refractivity contribution >= 4 is 34.9 Å². The molecule has 0 atom stereocenters. The Balaban J connectivity index is 1.49. The highest BCUT2D eigenvalue weighted by Gasteiger charge is 2.27. The third-order valence-corrected chi connectivity index (χ3v) is 4.41. The molecule has 7 heteroatoms. The first kappa shape index (κ1) is 17.2. The minimum absolute atomic E-state index is 0.0129. The van der Waals surface area contributed by atoms with E-state index in [1.807, 2.05) is 0 Å². The van der Waals surface area contributed by atoms with Gasteiger partial charge < -0.3 is 15.5 Å². The van der Waals surface area contributed by atoms with Crippen LogP contribution in [0.25, 0.3) is 0 Å². The Morgan fingerprint density at radius 2 is 1.76 bits per heavy atom. The Bertz CT molecular complexity index is 746. The quantitative estimate of drug-likeness (QED) is 0.880. The highest BCUT2D eigenvalue weighted by molar-refractivity contribution is 6.30. The van der Waals surface area contributed by atoms with Crippen molar-refractivity contribution in [3.05, 3.63) is 53.8 Å². The third-order valence-electron chi connectivity index (χ3n) is 4.18. The summed E-state index contributed by atoms with van der Waals surface area (Å²) in [6, 6.07) is 10.4. The molecule has 1 aliphatic heterocycles. The fraction of sp³-hybridized carbons (Fsp3) is 0.278. The van der Waals surface area contributed by atoms with Crippen molar-refractivity contribution in [1.29, 1.82) is 0 Å². The van der Waals surface area contributed by atoms with Crippen LogP contribution < -0.4 is 10.6 Å². The fourth-order valence-corrected chi connectivity index (χ4v) is 2.98. The molecular formula is C18H19ClN4O2. The lowest BCUT2D eigenvalue weighted by Gasteiger charge is -2.31. The van der Waals surface area contributed by atoms with Gasteiger partial charge in [0, 0.05) is 47.8 Å². The van der Waals surface area contributed by atoms with Crippen LogP contribution in [0.3, 0.4) is 0 Å². The number of carbonyl (C=O) groups excluding carboxylic acids is 2. The second-order valence-corrected chi connectivity index (χ2v) is 6.36. The molecule has 0 radical (unpaired) electrons. The summed E-state index contributed by atoms with van der Waals surface area (Å²) in [6.07, 6.45) is 4.55. The van der Waals surface area contributed by atoms with Gasteiger partial charge in [-0.2, -0.15) is 0 Å². The number of nitrogens with one attached hydrogen (secondary N) is 2. The van der Waals surface area contributed by atoms with Crippen molar-refractivity contribution in [2.75, 3.05) is 23.7 Å². The summed E-state index contributed by atoms with van der Waals surface area (Å²) in [6.45, 7) is 1.08. The number of amides is 3. The first-order chi connectivity index (χ1) is 12.1. The predicted octanol–water partition coefficient (Wildman–Crippen LogP) is 3.62. The topological polar surface area (TPSA) is 74.3 Å². The molecule has 130 valence electrons. The molecule has 0 bridgehead atoms. The van der Waals surface area contributed by atoms with Crippen LogP contribution in [-0.4, -0.2) is 34.9 Å². The lowest BCUT2D eigenvalue weighted by molar-refractivity contribution is -0.121. The maximum absolute atomic E-state index is 12.3. The summed E-state index contributed by atoms with van der Waals surface area (Å²) >= 11 is 5.92. The number of halogens is 1. The Labute approximate surface area is 151 Å². The molecule has 2 aromatic rings. The fourth-order valence-electron chi connectivity index (χ4n) is 2.79. The summed E-state index contributed by atoms with van der Waals surface area (Å²) in [5, 5.41) is 6.29. The van der Waals surface area contributed by atoms with Gasteiger partial charge in [0.1, 0.15) is 0 Å². The minimum atomic E-state index is -0.171. The van der Waals surface area contributed by atoms with E-state index in [0.29, 0.717) is 36.6 Å². The molecule has 0 spiro atoms. The summed E-state index contributed by atoms with van der Waals surface area (Å²) in [5.74, 6) is -0.107. The molecule has 2 heterocycles. The molecule has 1 aromatic heterocycles. The number of hydrogen-bond acceptors (Lipinski definition) is 3. The van der Waals surface area contributed by atoms with Gasteiger partial charge in [-0.05, 0) is 43.2 Å². The van der Waals surface area contributed by atoms with E-state index < -0.39 is 0 Å². The summed E-state index contributed by atoms with van der Waals surface area (Å²) in [5.41, 5.74) is 1.40. The van der Waals surface area contributed by atoms with Crippen LogP contribution in [0.1, 0.15) is 12.8 Å². The molecule has 3 rings (SSSR count). The zero-order chi connectivity index (χ0) is 17.6. The molecule has 6 nitrogen and oxygen atoms in total. The van der Waals surface area contributed by atoms with E-state index in [1.165, 1.54) is 0 Å². The van der Waals surface area contributed by atoms with Crippen molar-refractivity contribution in [3.8, 4) is 0 Å². The predicted molar refractivity (Wildman–Crippen MR) is 97.6 cm³/mol. The van der Waals surface area contributed by atoms with Crippen LogP contribution in [0.4, 0.5) is 16.2 Å². The van der Waals surface area contributed by atoms with Crippen molar-refractivity contribution in [2.45, 2.75) is 12.8 Å². The van der Waals surface area contributed by atoms with E-state index in [-0.39, 0.29) is 17.9 Å². The molecule has 2 N–H and O–H groups in total. The van der Waals surface area contributed by atoms with Crippen molar-refractivity contribution in [2.24, 2.45) is 5.92 Å². The Hall–Kier alpha value is -2.60. The molecule has 0 aliphatic carbocycles. The lowest BCUT2D eigenvalue weighted by atomic mass is 9.96. The summed E-state index contributed by atoms with van der Waals surface area (Å²) in [4.78, 5) is 30.3. The Morgan fingerprint density at radius 3 is 2.44 bits per heavy atom. The number of hydrogen-bond donors (Lipinski definition) is 2. The first-order valence-electron chi connectivity index (χ1n) is 8.14. The normalized spacial score (nSPS) is 14.8. The van der Waals surface area contributed by atoms with Gasteiger partial charge >= 0.3 is 6.03 Å². The van der Waals surface area contributed by atoms with Crippen LogP contribution >= 0.6 is 11.6 Å². The molecule has 0 unspecified atom stereocenters. The summed E-state index contributed by atoms with van der Waals surface area (Å²) in [7, 11) is 0. The van der Waals surface area contributed by atoms with Gasteiger partial charge in [0.2, 0.25) is 5.91 Å². The smallest absolute Gasteiger partial charge is 0.321 e. The average molecular weight is 359 g/mol. The van der Waals surface area contributed by atoms with Crippen molar-refractivity contribution in [3.63, 3.8) is 0 Å². The zero-order valence-electron chi connectivity index (χ0n) is 13.6. The molecule has 25 heavy (non-hydrogen) atoms. The van der Waals surface area contributed by atoms with E-state index in [4.69, 9.17) is 11.6 Å². The number of piperidine rings is 1. The number of carbonyl (C=O) groups is 2. The van der Waals surface area contributed by atoms with Gasteiger partial charge in [-0.25, -0.2) is 4.79 Å². The van der Waals surface area contributed by atoms with E-state index in [0.717, 1.165) is 5.69 Å². The van der Waals surface area contributed by atoms with Crippen LogP contribution in [0.5, 0.6) is 0 Å². The zero-order valence-corrected chi connectivity index (χ0v) is 14.4. The second-order valence-electron chi connectivity index (χ2n) is 5.93. The van der Waals surface area contributed by atoms with Crippen LogP contribution in [-0.2, 0) is 4.79 Å². The monoisotopic (exact) mass is 358 g/mol. The van der Waals surface area contributed by atoms with Gasteiger partial charge in [0.25, 0.3) is 0 Å². The number of likely N-dealkylation sites (tertiary alicyclic amines) is 1. The molecule has 3 amide bonds. The number of rotatable bonds is 3. The average Bonchev–Trinajstić information content (AvgIpc) is 2.62. The van der Waals surface area contributed by atoms with Gasteiger partial charge in [0.05, 0.1) is 0 Å². The molecular weight excluding hydrogens is 340 g/mol. The molecule has 1 saturated heterocycles. The maximum atomic E-state index is 12.3. The largest absolute Gasteiger partial charge is 0.326 e. The van der Waals surface area contributed by atoms with Crippen LogP contribution in [0.15, 0.2) is 48.8 Å². The highest BCUT2D eigenvalue weighted by atomic mass is 35.5. The van der Waals surface area contributed by atoms with Gasteiger partial charge in [-0.1, -0.05) is 17.7 Å². The van der Waals surface area contributed by atoms with Crippen molar-refractivity contribution < 1.29 is 9.59 Å². The van der Waals surface area contributed by atoms with Gasteiger partial charge in [0.15, 0.2) is 0 Å². The third kappa shape index (κ3) is 4.70. The van der Waals surface area contributed by atoms with Gasteiger partial charge in [-0.15, -0.1) is 0 Å². The summed E-state index contributed by atoms with van der Waals surface area (Å²) < 4.78 is 0. The van der Waals surface area contributed by atoms with Crippen molar-refractivity contribution in [1.82, 2.24) is 9.88 Å². The van der Waals surface area contributed by atoms with E-state index >= 15 is 0 Å². The first-order valence-corrected chi connectivity index (χ1v) is 8.52. The molecule has 1 aliphatic rings. The van der Waals surface area contributed by atoms with Gasteiger partial charge in [-0.3, -0.25) is 9.78 Å². The highest BCUT2D eigenvalue weighted by Crippen LogP contribution is 2.21. The number of aromatic nitrogens is 1. The van der Waals surface area contributed by atoms with E-state index in [1.54, 1.807) is 53.7 Å². The number of urea groups is 1. The SMILES string of the molecule is O=C(Nc1ccncc1)C1CCN(C(=O)Nc2cccc(Cl)c2)CC1. The Kier molecular flexibility index (Phi) is 5.50. The number of anilines is 2. The van der Waals surface area contributed by atoms with Crippen LogP contribution in [0, 0.1) is 5.92 Å². The minimum Gasteiger partial charge on any atom is -0.326 e. The maximum Gasteiger partial charge on any atom is 0.321 e. The second kappa shape index (κ2) is 7.98. The van der Waals surface area contributed by atoms with E-state index in [9.17, 15) is 9.59 Å².